The fraction of sp³-hybridized carbons (Fsp3) is 0.455. The lowest BCUT2D eigenvalue weighted by molar-refractivity contribution is -0.385. The number of rotatable bonds is 3. The summed E-state index contributed by atoms with van der Waals surface area (Å²) >= 11 is 0. The van der Waals surface area contributed by atoms with Gasteiger partial charge in [-0.15, -0.1) is 0 Å². The molecule has 0 amide bonds. The van der Waals surface area contributed by atoms with Crippen LogP contribution in [0, 0.1) is 10.1 Å². The number of non-ortho nitro benzene ring substituents is 1. The molecule has 1 aromatic carbocycles. The maximum Gasteiger partial charge on any atom is 0.292 e. The second kappa shape index (κ2) is 3.96. The highest BCUT2D eigenvalue weighted by molar-refractivity contribution is 5.47. The Morgan fingerprint density at radius 2 is 2.22 bits per heavy atom. The lowest BCUT2D eigenvalue weighted by Crippen LogP contribution is -2.53. The minimum atomic E-state index is -3.51. The minimum Gasteiger partial charge on any atom is -0.390 e. The molecule has 1 aliphatic carbocycles. The molecule has 1 aromatic rings. The van der Waals surface area contributed by atoms with Gasteiger partial charge in [-0.1, -0.05) is 6.07 Å². The van der Waals surface area contributed by atoms with Crippen LogP contribution in [0.5, 0.6) is 0 Å². The van der Waals surface area contributed by atoms with Crippen LogP contribution < -0.4 is 5.73 Å². The van der Waals surface area contributed by atoms with Crippen LogP contribution in [0.1, 0.15) is 17.5 Å². The molecule has 0 radical (unpaired) electrons. The molecule has 2 rings (SSSR count). The first-order valence-electron chi connectivity index (χ1n) is 5.37. The minimum absolute atomic E-state index is 0.0446. The predicted octanol–water partition coefficient (Wildman–Crippen LogP) is 1.32. The van der Waals surface area contributed by atoms with Gasteiger partial charge in [-0.25, -0.2) is 8.78 Å². The molecule has 0 aromatic heterocycles. The molecular weight excluding hydrogens is 246 g/mol. The van der Waals surface area contributed by atoms with Gasteiger partial charge >= 0.3 is 0 Å². The zero-order valence-electron chi connectivity index (χ0n) is 9.40. The molecule has 3 N–H and O–H groups in total. The largest absolute Gasteiger partial charge is 0.390 e. The molecule has 98 valence electrons. The molecule has 1 atom stereocenters. The Bertz CT molecular complexity index is 507. The standard InChI is InChI=1S/C11H12F2N2O3/c12-11(13,6-16)10(14)4-3-7-1-2-8(15(17)18)5-9(7)10/h1-2,5,16H,3-4,6,14H2/t10-/m0/s1. The molecule has 18 heavy (non-hydrogen) atoms. The van der Waals surface area contributed by atoms with Crippen LogP contribution in [-0.4, -0.2) is 22.6 Å². The molecule has 0 saturated heterocycles. The van der Waals surface area contributed by atoms with Crippen molar-refractivity contribution in [1.82, 2.24) is 0 Å². The van der Waals surface area contributed by atoms with Crippen molar-refractivity contribution in [3.8, 4) is 0 Å². The molecule has 5 nitrogen and oxygen atoms in total. The number of halogens is 2. The van der Waals surface area contributed by atoms with Gasteiger partial charge in [-0.3, -0.25) is 10.1 Å². The Morgan fingerprint density at radius 3 is 2.78 bits per heavy atom. The van der Waals surface area contributed by atoms with Crippen LogP contribution in [0.3, 0.4) is 0 Å². The Labute approximate surface area is 101 Å². The number of hydrogen-bond donors (Lipinski definition) is 2. The number of hydrogen-bond acceptors (Lipinski definition) is 4. The number of alkyl halides is 2. The fourth-order valence-electron chi connectivity index (χ4n) is 2.30. The average Bonchev–Trinajstić information content (AvgIpc) is 2.68. The van der Waals surface area contributed by atoms with Gasteiger partial charge in [0.15, 0.2) is 0 Å². The van der Waals surface area contributed by atoms with Gasteiger partial charge in [0.05, 0.1) is 4.92 Å². The Balaban J connectivity index is 2.55. The van der Waals surface area contributed by atoms with E-state index in [1.165, 1.54) is 12.1 Å². The van der Waals surface area contributed by atoms with Gasteiger partial charge in [0, 0.05) is 12.1 Å². The highest BCUT2D eigenvalue weighted by Gasteiger charge is 2.55. The van der Waals surface area contributed by atoms with Gasteiger partial charge in [-0.05, 0) is 24.0 Å². The van der Waals surface area contributed by atoms with Crippen LogP contribution in [0.15, 0.2) is 18.2 Å². The van der Waals surface area contributed by atoms with Crippen molar-refractivity contribution in [1.29, 1.82) is 0 Å². The molecule has 7 heteroatoms. The zero-order valence-corrected chi connectivity index (χ0v) is 9.40. The first-order valence-corrected chi connectivity index (χ1v) is 5.37. The van der Waals surface area contributed by atoms with E-state index in [0.717, 1.165) is 6.07 Å². The first-order chi connectivity index (χ1) is 8.32. The quantitative estimate of drug-likeness (QED) is 0.632. The summed E-state index contributed by atoms with van der Waals surface area (Å²) in [6, 6.07) is 3.78. The number of fused-ring (bicyclic) bond motifs is 1. The number of nitrogens with two attached hydrogens (primary N) is 1. The fourth-order valence-corrected chi connectivity index (χ4v) is 2.30. The van der Waals surface area contributed by atoms with E-state index in [1.54, 1.807) is 0 Å². The number of nitro groups is 1. The molecule has 0 heterocycles. The second-order valence-electron chi connectivity index (χ2n) is 4.43. The van der Waals surface area contributed by atoms with E-state index in [2.05, 4.69) is 0 Å². The molecule has 0 fully saturated rings. The number of aliphatic hydroxyl groups is 1. The SMILES string of the molecule is N[C@@]1(C(F)(F)CO)CCc2ccc([N+](=O)[O-])cc21. The van der Waals surface area contributed by atoms with Crippen molar-refractivity contribution in [2.75, 3.05) is 6.61 Å². The maximum absolute atomic E-state index is 13.7. The van der Waals surface area contributed by atoms with Crippen molar-refractivity contribution in [2.24, 2.45) is 5.73 Å². The third-order valence-electron chi connectivity index (χ3n) is 3.42. The highest BCUT2D eigenvalue weighted by Crippen LogP contribution is 2.46. The Kier molecular flexibility index (Phi) is 2.83. The third kappa shape index (κ3) is 1.67. The first kappa shape index (κ1) is 12.8. The summed E-state index contributed by atoms with van der Waals surface area (Å²) < 4.78 is 27.4. The maximum atomic E-state index is 13.7. The zero-order chi connectivity index (χ0) is 13.6. The number of aliphatic hydroxyl groups excluding tert-OH is 1. The van der Waals surface area contributed by atoms with Crippen molar-refractivity contribution >= 4 is 5.69 Å². The highest BCUT2D eigenvalue weighted by atomic mass is 19.3. The molecule has 1 aliphatic rings. The smallest absolute Gasteiger partial charge is 0.292 e. The van der Waals surface area contributed by atoms with Crippen molar-refractivity contribution < 1.29 is 18.8 Å². The normalized spacial score (nSPS) is 22.9. The Hall–Kier alpha value is -1.60. The summed E-state index contributed by atoms with van der Waals surface area (Å²) in [5.74, 6) is -3.51. The molecule has 0 saturated carbocycles. The van der Waals surface area contributed by atoms with E-state index >= 15 is 0 Å². The van der Waals surface area contributed by atoms with Gasteiger partial charge in [0.1, 0.15) is 12.1 Å². The third-order valence-corrected chi connectivity index (χ3v) is 3.42. The second-order valence-corrected chi connectivity index (χ2v) is 4.43. The Morgan fingerprint density at radius 1 is 1.56 bits per heavy atom. The van der Waals surface area contributed by atoms with Crippen molar-refractivity contribution in [2.45, 2.75) is 24.3 Å². The van der Waals surface area contributed by atoms with Crippen molar-refractivity contribution in [3.05, 3.63) is 39.4 Å². The average molecular weight is 258 g/mol. The monoisotopic (exact) mass is 258 g/mol. The molecule has 0 bridgehead atoms. The molecule has 0 aliphatic heterocycles. The van der Waals surface area contributed by atoms with Gasteiger partial charge < -0.3 is 10.8 Å². The van der Waals surface area contributed by atoms with Crippen LogP contribution in [-0.2, 0) is 12.0 Å². The lowest BCUT2D eigenvalue weighted by atomic mass is 9.86. The van der Waals surface area contributed by atoms with E-state index in [1.807, 2.05) is 0 Å². The molecular formula is C11H12F2N2O3. The van der Waals surface area contributed by atoms with Crippen LogP contribution >= 0.6 is 0 Å². The van der Waals surface area contributed by atoms with Gasteiger partial charge in [0.25, 0.3) is 11.6 Å². The number of benzene rings is 1. The van der Waals surface area contributed by atoms with E-state index in [4.69, 9.17) is 10.8 Å². The summed E-state index contributed by atoms with van der Waals surface area (Å²) in [5, 5.41) is 19.4. The summed E-state index contributed by atoms with van der Waals surface area (Å²) in [6.45, 7) is -1.38. The van der Waals surface area contributed by atoms with E-state index in [-0.39, 0.29) is 17.7 Å². The van der Waals surface area contributed by atoms with Crippen LogP contribution in [0.4, 0.5) is 14.5 Å². The van der Waals surface area contributed by atoms with Gasteiger partial charge in [0.2, 0.25) is 0 Å². The van der Waals surface area contributed by atoms with Crippen molar-refractivity contribution in [3.63, 3.8) is 0 Å². The van der Waals surface area contributed by atoms with Crippen LogP contribution in [0.25, 0.3) is 0 Å². The van der Waals surface area contributed by atoms with E-state index in [9.17, 15) is 18.9 Å². The summed E-state index contributed by atoms with van der Waals surface area (Å²) in [7, 11) is 0. The van der Waals surface area contributed by atoms with Crippen LogP contribution in [0.2, 0.25) is 0 Å². The summed E-state index contributed by atoms with van der Waals surface area (Å²) in [5.41, 5.74) is 4.00. The topological polar surface area (TPSA) is 89.4 Å². The summed E-state index contributed by atoms with van der Waals surface area (Å²) in [4.78, 5) is 10.0. The summed E-state index contributed by atoms with van der Waals surface area (Å²) in [6.07, 6.45) is 0.274. The number of nitro benzene ring substituents is 1. The van der Waals surface area contributed by atoms with E-state index in [0.29, 0.717) is 12.0 Å². The number of nitrogens with zero attached hydrogens (tertiary/aromatic N) is 1. The molecule has 0 unspecified atom stereocenters. The van der Waals surface area contributed by atoms with E-state index < -0.39 is 23.0 Å². The number of aryl methyl sites for hydroxylation is 1. The molecule has 0 spiro atoms. The predicted molar refractivity (Wildman–Crippen MR) is 59.3 cm³/mol. The van der Waals surface area contributed by atoms with Gasteiger partial charge in [-0.2, -0.15) is 0 Å². The lowest BCUT2D eigenvalue weighted by Gasteiger charge is -2.33.